The molecule has 6 nitrogen and oxygen atoms in total. The van der Waals surface area contributed by atoms with E-state index in [1.54, 1.807) is 48.5 Å². The molecule has 1 saturated heterocycles. The lowest BCUT2D eigenvalue weighted by Gasteiger charge is -2.30. The summed E-state index contributed by atoms with van der Waals surface area (Å²) in [4.78, 5) is 0.185. The van der Waals surface area contributed by atoms with Crippen LogP contribution in [0.1, 0.15) is 34.3 Å². The Morgan fingerprint density at radius 2 is 0.868 bits per heavy atom. The van der Waals surface area contributed by atoms with Crippen molar-refractivity contribution in [3.63, 3.8) is 0 Å². The van der Waals surface area contributed by atoms with Gasteiger partial charge in [-0.25, -0.2) is 16.8 Å². The van der Waals surface area contributed by atoms with E-state index in [1.165, 1.54) is 8.43 Å². The molecule has 0 spiro atoms. The molecule has 10 heteroatoms. The van der Waals surface area contributed by atoms with E-state index in [-0.39, 0.29) is 9.79 Å². The van der Waals surface area contributed by atoms with Crippen LogP contribution in [0.25, 0.3) is 0 Å². The molecule has 1 fully saturated rings. The van der Waals surface area contributed by atoms with E-state index in [9.17, 15) is 16.8 Å². The van der Waals surface area contributed by atoms with Crippen LogP contribution in [0.15, 0.2) is 119 Å². The van der Waals surface area contributed by atoms with E-state index in [0.29, 0.717) is 11.1 Å². The number of nitrogens with zero attached hydrogens (tertiary/aromatic N) is 2. The first-order valence-corrected chi connectivity index (χ1v) is 15.9. The minimum Gasteiger partial charge on any atom is -0.208 e. The molecule has 0 aromatic heterocycles. The molecule has 5 rings (SSSR count). The second kappa shape index (κ2) is 10.4. The average molecular weight is 609 g/mol. The zero-order chi connectivity index (χ0) is 27.1. The van der Waals surface area contributed by atoms with Gasteiger partial charge in [0.2, 0.25) is 20.0 Å². The van der Waals surface area contributed by atoms with Crippen molar-refractivity contribution >= 4 is 41.6 Å². The van der Waals surface area contributed by atoms with E-state index < -0.39 is 37.9 Å². The Labute approximate surface area is 233 Å². The van der Waals surface area contributed by atoms with Crippen molar-refractivity contribution in [3.05, 3.63) is 131 Å². The molecule has 0 N–H and O–H groups in total. The summed E-state index contributed by atoms with van der Waals surface area (Å²) in [5, 5.41) is 0. The highest BCUT2D eigenvalue weighted by Gasteiger charge is 2.59. The molecule has 0 radical (unpaired) electrons. The van der Waals surface area contributed by atoms with Gasteiger partial charge in [-0.3, -0.25) is 0 Å². The van der Waals surface area contributed by atoms with Crippen LogP contribution in [-0.2, 0) is 20.0 Å². The lowest BCUT2D eigenvalue weighted by molar-refractivity contribution is 0.377. The molecule has 0 saturated carbocycles. The van der Waals surface area contributed by atoms with E-state index in [4.69, 9.17) is 0 Å². The highest BCUT2D eigenvalue weighted by molar-refractivity contribution is 9.24. The van der Waals surface area contributed by atoms with Gasteiger partial charge in [-0.05, 0) is 49.2 Å². The van der Waals surface area contributed by atoms with Gasteiger partial charge in [0.25, 0.3) is 0 Å². The van der Waals surface area contributed by atoms with Crippen molar-refractivity contribution in [1.29, 1.82) is 0 Å². The van der Waals surface area contributed by atoms with E-state index in [1.807, 2.05) is 74.5 Å². The van der Waals surface area contributed by atoms with Crippen molar-refractivity contribution in [2.75, 3.05) is 0 Å². The summed E-state index contributed by atoms with van der Waals surface area (Å²) in [6, 6.07) is 29.8. The summed E-state index contributed by atoms with van der Waals surface area (Å²) >= 11 is 3.54. The lowest BCUT2D eigenvalue weighted by atomic mass is 9.95. The average Bonchev–Trinajstić information content (AvgIpc) is 3.24. The Bertz CT molecular complexity index is 1510. The van der Waals surface area contributed by atoms with E-state index in [2.05, 4.69) is 15.8 Å². The molecule has 4 aromatic rings. The topological polar surface area (TPSA) is 74.8 Å². The van der Waals surface area contributed by atoms with E-state index in [0.717, 1.165) is 11.1 Å². The monoisotopic (exact) mass is 608 g/mol. The van der Waals surface area contributed by atoms with Gasteiger partial charge in [0.05, 0.1) is 21.9 Å². The van der Waals surface area contributed by atoms with Crippen LogP contribution in [0.2, 0.25) is 0 Å². The third-order valence-corrected chi connectivity index (χ3v) is 11.9. The maximum Gasteiger partial charge on any atom is 0.420 e. The van der Waals surface area contributed by atoms with Gasteiger partial charge in [-0.15, -0.1) is 15.8 Å². The number of benzene rings is 4. The third kappa shape index (κ3) is 4.76. The van der Waals surface area contributed by atoms with Crippen molar-refractivity contribution in [2.24, 2.45) is 0 Å². The van der Waals surface area contributed by atoms with Gasteiger partial charge in [0.15, 0.2) is 0 Å². The van der Waals surface area contributed by atoms with Crippen molar-refractivity contribution < 1.29 is 16.8 Å². The molecule has 194 valence electrons. The van der Waals surface area contributed by atoms with Gasteiger partial charge in [-0.1, -0.05) is 96.1 Å². The number of hydrogen-bond acceptors (Lipinski definition) is 4. The molecular formula is C28H26BBrN2O4S2. The zero-order valence-electron chi connectivity index (χ0n) is 20.8. The van der Waals surface area contributed by atoms with Crippen LogP contribution in [0.5, 0.6) is 0 Å². The Balaban J connectivity index is 1.77. The number of aryl methyl sites for hydroxylation is 2. The molecule has 38 heavy (non-hydrogen) atoms. The fraction of sp³-hybridized carbons (Fsp3) is 0.143. The number of hydrogen-bond donors (Lipinski definition) is 0. The van der Waals surface area contributed by atoms with Crippen molar-refractivity contribution in [2.45, 2.75) is 35.7 Å². The van der Waals surface area contributed by atoms with Crippen LogP contribution in [0.3, 0.4) is 0 Å². The zero-order valence-corrected chi connectivity index (χ0v) is 24.1. The van der Waals surface area contributed by atoms with Gasteiger partial charge in [0, 0.05) is 0 Å². The van der Waals surface area contributed by atoms with Gasteiger partial charge >= 0.3 is 5.81 Å². The Morgan fingerprint density at radius 1 is 0.553 bits per heavy atom. The predicted molar refractivity (Wildman–Crippen MR) is 153 cm³/mol. The SMILES string of the molecule is Cc1ccc(S(=O)(=O)N2B(Br)N(S(=O)(=O)c3ccc(C)cc3)[C@@H](c3ccccc3)[C@@H]2c2ccccc2)cc1. The summed E-state index contributed by atoms with van der Waals surface area (Å²) in [5.74, 6) is -1.18. The molecule has 0 amide bonds. The molecule has 0 bridgehead atoms. The van der Waals surface area contributed by atoms with Gasteiger partial charge in [-0.2, -0.15) is 8.43 Å². The summed E-state index contributed by atoms with van der Waals surface area (Å²) in [6.45, 7) is 3.77. The molecule has 1 aliphatic rings. The largest absolute Gasteiger partial charge is 0.420 e. The predicted octanol–water partition coefficient (Wildman–Crippen LogP) is 5.86. The molecule has 2 atom stereocenters. The highest BCUT2D eigenvalue weighted by atomic mass is 79.9. The smallest absolute Gasteiger partial charge is 0.208 e. The van der Waals surface area contributed by atoms with Crippen LogP contribution >= 0.6 is 15.8 Å². The molecule has 0 aliphatic carbocycles. The first-order valence-electron chi connectivity index (χ1n) is 12.1. The number of sulfonamides is 2. The molecule has 1 aliphatic heterocycles. The Hall–Kier alpha value is -2.76. The van der Waals surface area contributed by atoms with Gasteiger partial charge in [0.1, 0.15) is 0 Å². The van der Waals surface area contributed by atoms with Crippen LogP contribution < -0.4 is 0 Å². The summed E-state index contributed by atoms with van der Waals surface area (Å²) < 4.78 is 59.5. The summed E-state index contributed by atoms with van der Waals surface area (Å²) in [6.07, 6.45) is 0. The normalized spacial score (nSPS) is 19.1. The fourth-order valence-electron chi connectivity index (χ4n) is 4.81. The quantitative estimate of drug-likeness (QED) is 0.257. The lowest BCUT2D eigenvalue weighted by Crippen LogP contribution is -2.45. The number of rotatable bonds is 6. The first-order chi connectivity index (χ1) is 18.1. The van der Waals surface area contributed by atoms with Crippen LogP contribution in [0.4, 0.5) is 0 Å². The first kappa shape index (κ1) is 26.8. The van der Waals surface area contributed by atoms with Crippen molar-refractivity contribution in [1.82, 2.24) is 8.43 Å². The van der Waals surface area contributed by atoms with E-state index >= 15 is 0 Å². The second-order valence-corrected chi connectivity index (χ2v) is 13.8. The second-order valence-electron chi connectivity index (χ2n) is 9.32. The maximum atomic E-state index is 14.2. The fourth-order valence-corrected chi connectivity index (χ4v) is 9.88. The summed E-state index contributed by atoms with van der Waals surface area (Å²) in [5.41, 5.74) is 3.21. The highest BCUT2D eigenvalue weighted by Crippen LogP contribution is 2.51. The van der Waals surface area contributed by atoms with Crippen LogP contribution in [0, 0.1) is 13.8 Å². The van der Waals surface area contributed by atoms with Gasteiger partial charge < -0.3 is 0 Å². The minimum atomic E-state index is -4.14. The number of halogens is 1. The molecule has 0 unspecified atom stereocenters. The Morgan fingerprint density at radius 3 is 1.18 bits per heavy atom. The van der Waals surface area contributed by atoms with Crippen molar-refractivity contribution in [3.8, 4) is 0 Å². The third-order valence-electron chi connectivity index (χ3n) is 6.74. The maximum absolute atomic E-state index is 14.2. The standard InChI is InChI=1S/C28H26BBrN2O4S2/c1-21-13-17-25(18-14-21)37(33,34)31-27(23-9-5-3-6-10-23)28(24-11-7-4-8-12-24)32(29(31)30)38(35,36)26-19-15-22(2)16-20-26/h3-20,27-28H,1-2H3/t27-,28-/m0/s1. The molecule has 1 heterocycles. The molecular weight excluding hydrogens is 583 g/mol. The Kier molecular flexibility index (Phi) is 7.36. The molecule has 4 aromatic carbocycles. The minimum absolute atomic E-state index is 0.0925. The summed E-state index contributed by atoms with van der Waals surface area (Å²) in [7, 11) is -8.29. The van der Waals surface area contributed by atoms with Crippen LogP contribution in [-0.4, -0.2) is 31.1 Å².